The molecule has 11 aromatic rings. The van der Waals surface area contributed by atoms with E-state index in [1.54, 1.807) is 0 Å². The number of nitrogens with zero attached hydrogens (tertiary/aromatic N) is 2. The molecule has 0 saturated carbocycles. The Hall–Kier alpha value is -7.96. The normalized spacial score (nSPS) is 15.4. The van der Waals surface area contributed by atoms with Gasteiger partial charge in [-0.15, -0.1) is 22.7 Å². The molecule has 4 heterocycles. The molecule has 0 radical (unpaired) electrons. The molecule has 2 aliphatic heterocycles. The molecule has 5 heteroatoms. The molecule has 0 unspecified atom stereocenters. The van der Waals surface area contributed by atoms with E-state index in [-0.39, 0.29) is 12.1 Å². The molecule has 2 nitrogen and oxygen atoms in total. The van der Waals surface area contributed by atoms with Gasteiger partial charge < -0.3 is 9.80 Å². The summed E-state index contributed by atoms with van der Waals surface area (Å²) in [4.78, 5) is 8.26. The Morgan fingerprint density at radius 1 is 0.429 bits per heavy atom. The number of thiophene rings is 2. The molecule has 4 aliphatic carbocycles. The van der Waals surface area contributed by atoms with E-state index in [1.165, 1.54) is 153 Å². The molecule has 0 N–H and O–H groups in total. The third-order valence-electron chi connectivity index (χ3n) is 18.4. The number of hydrogen-bond donors (Lipinski definition) is 0. The highest BCUT2D eigenvalue weighted by molar-refractivity contribution is 7.37. The van der Waals surface area contributed by atoms with E-state index in [4.69, 9.17) is 0 Å². The van der Waals surface area contributed by atoms with E-state index < -0.39 is 10.8 Å². The summed E-state index contributed by atoms with van der Waals surface area (Å²) in [6.07, 6.45) is 0. The monoisotopic (exact) mass is 1020 g/mol. The van der Waals surface area contributed by atoms with Crippen LogP contribution >= 0.6 is 22.7 Å². The molecule has 0 amide bonds. The zero-order valence-electron chi connectivity index (χ0n) is 44.0. The largest absolute Gasteiger partial charge is 0.310 e. The number of aryl methyl sites for hydroxylation is 1. The van der Waals surface area contributed by atoms with Gasteiger partial charge in [0.1, 0.15) is 0 Å². The van der Waals surface area contributed by atoms with Crippen molar-refractivity contribution in [2.45, 2.75) is 63.7 Å². The number of fused-ring (bicyclic) bond motifs is 26. The molecular weight excluding hydrogens is 968 g/mol. The molecule has 0 atom stereocenters. The molecule has 2 spiro atoms. The molecule has 17 rings (SSSR count). The minimum Gasteiger partial charge on any atom is -0.310 e. The number of rotatable bonds is 3. The molecule has 0 fully saturated rings. The van der Waals surface area contributed by atoms with E-state index in [9.17, 15) is 0 Å². The van der Waals surface area contributed by atoms with Crippen LogP contribution in [0.15, 0.2) is 206 Å². The van der Waals surface area contributed by atoms with Crippen LogP contribution < -0.4 is 24.8 Å². The molecule has 6 aliphatic rings. The van der Waals surface area contributed by atoms with E-state index in [2.05, 4.69) is 280 Å². The van der Waals surface area contributed by atoms with E-state index in [1.807, 2.05) is 0 Å². The molecular formula is C72H53BN2S2. The first-order chi connectivity index (χ1) is 37.6. The van der Waals surface area contributed by atoms with Crippen molar-refractivity contribution in [1.29, 1.82) is 0 Å². The van der Waals surface area contributed by atoms with Crippen molar-refractivity contribution in [1.82, 2.24) is 0 Å². The molecule has 2 aromatic heterocycles. The lowest BCUT2D eigenvalue weighted by Gasteiger charge is -2.43. The Balaban J connectivity index is 1.04. The fraction of sp³-hybridized carbons (Fsp3) is 0.139. The fourth-order valence-electron chi connectivity index (χ4n) is 15.3. The third kappa shape index (κ3) is 5.33. The van der Waals surface area contributed by atoms with E-state index in [0.717, 1.165) is 0 Å². The Morgan fingerprint density at radius 2 is 0.831 bits per heavy atom. The van der Waals surface area contributed by atoms with Crippen LogP contribution in [-0.4, -0.2) is 6.71 Å². The molecule has 0 saturated heterocycles. The van der Waals surface area contributed by atoms with Gasteiger partial charge in [0.2, 0.25) is 0 Å². The van der Waals surface area contributed by atoms with Crippen LogP contribution in [0.5, 0.6) is 0 Å². The second-order valence-corrected chi connectivity index (χ2v) is 25.8. The highest BCUT2D eigenvalue weighted by Crippen LogP contribution is 2.70. The first-order valence-electron chi connectivity index (χ1n) is 27.5. The number of para-hydroxylation sites is 1. The summed E-state index contributed by atoms with van der Waals surface area (Å²) in [6, 6.07) is 80.1. The van der Waals surface area contributed by atoms with Gasteiger partial charge in [-0.1, -0.05) is 204 Å². The van der Waals surface area contributed by atoms with Crippen LogP contribution in [0.4, 0.5) is 34.1 Å². The fourth-order valence-corrected chi connectivity index (χ4v) is 18.7. The summed E-state index contributed by atoms with van der Waals surface area (Å²) in [6.45, 7) is 13.9. The second kappa shape index (κ2) is 15.2. The maximum atomic E-state index is 2.70. The van der Waals surface area contributed by atoms with Gasteiger partial charge in [0.05, 0.1) is 22.2 Å². The minimum absolute atomic E-state index is 0.0101. The smallest absolute Gasteiger partial charge is 0.277 e. The van der Waals surface area contributed by atoms with Crippen LogP contribution in [0.1, 0.15) is 100 Å². The summed E-state index contributed by atoms with van der Waals surface area (Å²) in [7, 11) is 0. The molecule has 366 valence electrons. The zero-order valence-corrected chi connectivity index (χ0v) is 45.6. The van der Waals surface area contributed by atoms with Crippen LogP contribution in [0, 0.1) is 6.92 Å². The van der Waals surface area contributed by atoms with Gasteiger partial charge in [0.15, 0.2) is 0 Å². The van der Waals surface area contributed by atoms with Gasteiger partial charge in [0.25, 0.3) is 6.71 Å². The zero-order chi connectivity index (χ0) is 51.4. The SMILES string of the molecule is Cc1cc2c3c(c1)N(c1ccccc1)c1c(sc4c1-c1ccc(C(C)C)cc1C41c4ccccc4-c4ccccc41)B3c1sc3c(c1N2c1ccc(C(C)(C)C)cc1)-c1ccccc1C31c2ccccc2-c2ccccc21. The maximum Gasteiger partial charge on any atom is 0.277 e. The highest BCUT2D eigenvalue weighted by atomic mass is 32.1. The minimum atomic E-state index is -0.492. The van der Waals surface area contributed by atoms with Crippen LogP contribution in [-0.2, 0) is 16.2 Å². The van der Waals surface area contributed by atoms with Crippen molar-refractivity contribution in [3.05, 3.63) is 266 Å². The lowest BCUT2D eigenvalue weighted by molar-refractivity contribution is 0.590. The summed E-state index contributed by atoms with van der Waals surface area (Å²) in [5.74, 6) is 0.382. The Bertz CT molecular complexity index is 4300. The first kappa shape index (κ1) is 44.2. The molecule has 9 aromatic carbocycles. The average Bonchev–Trinajstić information content (AvgIpc) is 3.73. The maximum absolute atomic E-state index is 2.70. The van der Waals surface area contributed by atoms with Crippen molar-refractivity contribution in [2.24, 2.45) is 0 Å². The van der Waals surface area contributed by atoms with Crippen molar-refractivity contribution >= 4 is 78.5 Å². The average molecular weight is 1020 g/mol. The second-order valence-electron chi connectivity index (χ2n) is 23.7. The van der Waals surface area contributed by atoms with Crippen molar-refractivity contribution < 1.29 is 0 Å². The summed E-state index contributed by atoms with van der Waals surface area (Å²) in [5, 5.41) is 0. The van der Waals surface area contributed by atoms with Crippen LogP contribution in [0.2, 0.25) is 0 Å². The lowest BCUT2D eigenvalue weighted by atomic mass is 9.39. The third-order valence-corrected chi connectivity index (χ3v) is 21.1. The predicted molar refractivity (Wildman–Crippen MR) is 326 cm³/mol. The van der Waals surface area contributed by atoms with Crippen LogP contribution in [0.25, 0.3) is 44.5 Å². The lowest BCUT2D eigenvalue weighted by Crippen LogP contribution is -2.59. The predicted octanol–water partition coefficient (Wildman–Crippen LogP) is 17.3. The summed E-state index contributed by atoms with van der Waals surface area (Å²) >= 11 is 4.19. The van der Waals surface area contributed by atoms with Gasteiger partial charge in [-0.3, -0.25) is 0 Å². The quantitative estimate of drug-likeness (QED) is 0.163. The van der Waals surface area contributed by atoms with Gasteiger partial charge >= 0.3 is 0 Å². The van der Waals surface area contributed by atoms with E-state index >= 15 is 0 Å². The number of anilines is 6. The Labute approximate surface area is 459 Å². The number of hydrogen-bond acceptors (Lipinski definition) is 4. The summed E-state index contributed by atoms with van der Waals surface area (Å²) in [5.41, 5.74) is 31.1. The van der Waals surface area contributed by atoms with Gasteiger partial charge in [-0.25, -0.2) is 0 Å². The number of benzene rings is 9. The van der Waals surface area contributed by atoms with E-state index in [0.29, 0.717) is 5.92 Å². The first-order valence-corrected chi connectivity index (χ1v) is 29.1. The van der Waals surface area contributed by atoms with Gasteiger partial charge in [0, 0.05) is 53.2 Å². The van der Waals surface area contributed by atoms with Crippen molar-refractivity contribution in [3.8, 4) is 44.5 Å². The van der Waals surface area contributed by atoms with Gasteiger partial charge in [-0.05, 0) is 144 Å². The molecule has 77 heavy (non-hydrogen) atoms. The topological polar surface area (TPSA) is 6.48 Å². The highest BCUT2D eigenvalue weighted by Gasteiger charge is 2.60. The summed E-state index contributed by atoms with van der Waals surface area (Å²) < 4.78 is 2.85. The Morgan fingerprint density at radius 3 is 1.30 bits per heavy atom. The van der Waals surface area contributed by atoms with Crippen molar-refractivity contribution in [3.63, 3.8) is 0 Å². The molecule has 0 bridgehead atoms. The van der Waals surface area contributed by atoms with Crippen molar-refractivity contribution in [2.75, 3.05) is 9.80 Å². The Kier molecular flexibility index (Phi) is 8.70. The van der Waals surface area contributed by atoms with Gasteiger partial charge in [-0.2, -0.15) is 0 Å². The van der Waals surface area contributed by atoms with Crippen LogP contribution in [0.3, 0.4) is 0 Å². The standard InChI is InChI=1S/C72H53BN2S2/c1-41(2)43-32-37-52-58(40-43)72(55-29-17-12-24-49(55)50-25-13-18-30-56(50)72)67-62(52)65-69(77-67)73-63-59(74(65)45-20-8-7-9-21-45)38-42(3)39-60(63)75(46-35-33-44(34-36-46)70(4,5)6)64-61-51-26-14-19-31-57(51)71(66(61)76-68(64)73)53-27-15-10-22-47(53)48-23-11-16-28-54(48)71/h7-41H,1-6H3.